The lowest BCUT2D eigenvalue weighted by Crippen LogP contribution is -2.33. The van der Waals surface area contributed by atoms with Crippen molar-refractivity contribution in [1.82, 2.24) is 10.0 Å². The van der Waals surface area contributed by atoms with Crippen LogP contribution in [0.15, 0.2) is 23.1 Å². The largest absolute Gasteiger partial charge is 0.352 e. The molecule has 4 N–H and O–H groups in total. The van der Waals surface area contributed by atoms with Crippen molar-refractivity contribution in [3.8, 4) is 0 Å². The molecular weight excluding hydrogens is 278 g/mol. The lowest BCUT2D eigenvalue weighted by molar-refractivity contribution is 0.0946. The molecule has 2 rings (SSSR count). The Bertz CT molecular complexity index is 611. The summed E-state index contributed by atoms with van der Waals surface area (Å²) in [5.41, 5.74) is 6.90. The monoisotopic (exact) mass is 297 g/mol. The van der Waals surface area contributed by atoms with Crippen LogP contribution in [-0.2, 0) is 16.4 Å². The summed E-state index contributed by atoms with van der Waals surface area (Å²) in [6, 6.07) is 4.60. The number of benzene rings is 1. The van der Waals surface area contributed by atoms with Crippen molar-refractivity contribution in [2.45, 2.75) is 30.7 Å². The van der Waals surface area contributed by atoms with Gasteiger partial charge in [-0.1, -0.05) is 6.07 Å². The van der Waals surface area contributed by atoms with Gasteiger partial charge in [-0.2, -0.15) is 0 Å². The van der Waals surface area contributed by atoms with Gasteiger partial charge in [0, 0.05) is 24.7 Å². The molecule has 0 saturated heterocycles. The lowest BCUT2D eigenvalue weighted by atomic mass is 10.0. The van der Waals surface area contributed by atoms with Gasteiger partial charge in [0.25, 0.3) is 5.91 Å². The quantitative estimate of drug-likeness (QED) is 0.711. The number of amides is 1. The maximum Gasteiger partial charge on any atom is 0.251 e. The van der Waals surface area contributed by atoms with Gasteiger partial charge in [-0.15, -0.1) is 0 Å². The number of carbonyl (C=O) groups excluding carboxylic acids is 1. The summed E-state index contributed by atoms with van der Waals surface area (Å²) in [5.74, 6) is -0.223. The number of sulfonamides is 1. The van der Waals surface area contributed by atoms with Crippen molar-refractivity contribution in [3.63, 3.8) is 0 Å². The molecule has 7 heteroatoms. The van der Waals surface area contributed by atoms with Crippen molar-refractivity contribution in [2.24, 2.45) is 5.73 Å². The lowest BCUT2D eigenvalue weighted by Gasteiger charge is -2.17. The van der Waals surface area contributed by atoms with Crippen molar-refractivity contribution >= 4 is 15.9 Å². The van der Waals surface area contributed by atoms with Gasteiger partial charge in [-0.05, 0) is 37.5 Å². The standard InChI is InChI=1S/C13H19N3O3S/c1-9(14)4-7-16-20(18,19)11-3-2-10-5-6-15-13(17)12(10)8-11/h2-3,8-9,16H,4-7,14H2,1H3,(H,15,17). The molecule has 20 heavy (non-hydrogen) atoms. The summed E-state index contributed by atoms with van der Waals surface area (Å²) in [7, 11) is -3.60. The molecular formula is C13H19N3O3S. The van der Waals surface area contributed by atoms with Crippen molar-refractivity contribution < 1.29 is 13.2 Å². The second-order valence-corrected chi connectivity index (χ2v) is 6.76. The van der Waals surface area contributed by atoms with Gasteiger partial charge in [0.1, 0.15) is 0 Å². The number of fused-ring (bicyclic) bond motifs is 1. The van der Waals surface area contributed by atoms with Crippen LogP contribution in [-0.4, -0.2) is 33.5 Å². The molecule has 1 unspecified atom stereocenters. The second kappa shape index (κ2) is 5.90. The van der Waals surface area contributed by atoms with E-state index in [4.69, 9.17) is 5.73 Å². The van der Waals surface area contributed by atoms with E-state index in [9.17, 15) is 13.2 Å². The maximum absolute atomic E-state index is 12.1. The van der Waals surface area contributed by atoms with E-state index in [0.29, 0.717) is 18.5 Å². The molecule has 0 radical (unpaired) electrons. The molecule has 0 fully saturated rings. The molecule has 1 aliphatic rings. The Hall–Kier alpha value is -1.44. The zero-order chi connectivity index (χ0) is 14.8. The zero-order valence-electron chi connectivity index (χ0n) is 11.3. The van der Waals surface area contributed by atoms with Gasteiger partial charge < -0.3 is 11.1 Å². The predicted octanol–water partition coefficient (Wildman–Crippen LogP) is -0.0119. The molecule has 110 valence electrons. The Morgan fingerprint density at radius 1 is 1.45 bits per heavy atom. The fourth-order valence-electron chi connectivity index (χ4n) is 2.06. The number of rotatable bonds is 5. The van der Waals surface area contributed by atoms with E-state index in [1.807, 2.05) is 6.92 Å². The molecule has 0 spiro atoms. The van der Waals surface area contributed by atoms with Crippen LogP contribution in [0.3, 0.4) is 0 Å². The van der Waals surface area contributed by atoms with Crippen LogP contribution in [0.5, 0.6) is 0 Å². The summed E-state index contributed by atoms with van der Waals surface area (Å²) in [5, 5.41) is 2.70. The minimum absolute atomic E-state index is 0.0630. The van der Waals surface area contributed by atoms with Crippen LogP contribution < -0.4 is 15.8 Å². The van der Waals surface area contributed by atoms with E-state index < -0.39 is 10.0 Å². The first-order chi connectivity index (χ1) is 9.40. The first kappa shape index (κ1) is 15.0. The molecule has 1 aromatic rings. The minimum atomic E-state index is -3.60. The van der Waals surface area contributed by atoms with Crippen LogP contribution >= 0.6 is 0 Å². The molecule has 0 bridgehead atoms. The molecule has 6 nitrogen and oxygen atoms in total. The van der Waals surface area contributed by atoms with Crippen molar-refractivity contribution in [1.29, 1.82) is 0 Å². The number of nitrogens with one attached hydrogen (secondary N) is 2. The summed E-state index contributed by atoms with van der Waals surface area (Å²) >= 11 is 0. The number of carbonyl (C=O) groups is 1. The van der Waals surface area contributed by atoms with E-state index in [0.717, 1.165) is 12.0 Å². The normalized spacial score (nSPS) is 16.4. The summed E-state index contributed by atoms with van der Waals surface area (Å²) < 4.78 is 26.7. The van der Waals surface area contributed by atoms with Crippen LogP contribution in [0, 0.1) is 0 Å². The predicted molar refractivity (Wildman–Crippen MR) is 75.9 cm³/mol. The van der Waals surface area contributed by atoms with Crippen LogP contribution in [0.4, 0.5) is 0 Å². The number of hydrogen-bond donors (Lipinski definition) is 3. The topological polar surface area (TPSA) is 101 Å². The number of nitrogens with two attached hydrogens (primary N) is 1. The molecule has 1 aliphatic heterocycles. The van der Waals surface area contributed by atoms with E-state index in [1.54, 1.807) is 6.07 Å². The number of hydrogen-bond acceptors (Lipinski definition) is 4. The molecule has 0 aromatic heterocycles. The fourth-order valence-corrected chi connectivity index (χ4v) is 3.14. The second-order valence-electron chi connectivity index (χ2n) is 4.99. The smallest absolute Gasteiger partial charge is 0.251 e. The highest BCUT2D eigenvalue weighted by atomic mass is 32.2. The molecule has 1 amide bonds. The third-order valence-electron chi connectivity index (χ3n) is 3.21. The fraction of sp³-hybridized carbons (Fsp3) is 0.462. The van der Waals surface area contributed by atoms with Gasteiger partial charge in [-0.3, -0.25) is 4.79 Å². The minimum Gasteiger partial charge on any atom is -0.352 e. The zero-order valence-corrected chi connectivity index (χ0v) is 12.2. The van der Waals surface area contributed by atoms with Gasteiger partial charge in [0.05, 0.1) is 4.90 Å². The van der Waals surface area contributed by atoms with Crippen LogP contribution in [0.1, 0.15) is 29.3 Å². The molecule has 1 atom stereocenters. The van der Waals surface area contributed by atoms with Gasteiger partial charge in [0.2, 0.25) is 10.0 Å². The van der Waals surface area contributed by atoms with E-state index in [1.165, 1.54) is 12.1 Å². The Balaban J connectivity index is 2.20. The highest BCUT2D eigenvalue weighted by molar-refractivity contribution is 7.89. The van der Waals surface area contributed by atoms with Gasteiger partial charge >= 0.3 is 0 Å². The first-order valence-corrected chi connectivity index (χ1v) is 8.05. The maximum atomic E-state index is 12.1. The Morgan fingerprint density at radius 3 is 2.90 bits per heavy atom. The summed E-state index contributed by atoms with van der Waals surface area (Å²) in [6.07, 6.45) is 1.28. The summed E-state index contributed by atoms with van der Waals surface area (Å²) in [6.45, 7) is 2.69. The third kappa shape index (κ3) is 3.36. The van der Waals surface area contributed by atoms with Crippen molar-refractivity contribution in [3.05, 3.63) is 29.3 Å². The third-order valence-corrected chi connectivity index (χ3v) is 4.67. The Morgan fingerprint density at radius 2 is 2.20 bits per heavy atom. The van der Waals surface area contributed by atoms with E-state index in [-0.39, 0.29) is 23.4 Å². The van der Waals surface area contributed by atoms with Crippen LogP contribution in [0.2, 0.25) is 0 Å². The molecule has 0 aliphatic carbocycles. The molecule has 0 saturated carbocycles. The Kier molecular flexibility index (Phi) is 4.42. The summed E-state index contributed by atoms with van der Waals surface area (Å²) in [4.78, 5) is 11.8. The highest BCUT2D eigenvalue weighted by Gasteiger charge is 2.21. The van der Waals surface area contributed by atoms with E-state index >= 15 is 0 Å². The Labute approximate surface area is 118 Å². The average molecular weight is 297 g/mol. The van der Waals surface area contributed by atoms with Gasteiger partial charge in [0.15, 0.2) is 0 Å². The average Bonchev–Trinajstić information content (AvgIpc) is 2.38. The SMILES string of the molecule is CC(N)CCNS(=O)(=O)c1ccc2c(c1)C(=O)NCC2. The first-order valence-electron chi connectivity index (χ1n) is 6.56. The molecule has 1 heterocycles. The van der Waals surface area contributed by atoms with Crippen molar-refractivity contribution in [2.75, 3.05) is 13.1 Å². The van der Waals surface area contributed by atoms with E-state index in [2.05, 4.69) is 10.0 Å². The van der Waals surface area contributed by atoms with Crippen LogP contribution in [0.25, 0.3) is 0 Å². The molecule has 1 aromatic carbocycles. The highest BCUT2D eigenvalue weighted by Crippen LogP contribution is 2.19. The van der Waals surface area contributed by atoms with Gasteiger partial charge in [-0.25, -0.2) is 13.1 Å².